The van der Waals surface area contributed by atoms with Crippen LogP contribution in [0.15, 0.2) is 29.2 Å². The predicted molar refractivity (Wildman–Crippen MR) is 108 cm³/mol. The summed E-state index contributed by atoms with van der Waals surface area (Å²) >= 11 is 0. The molecule has 0 spiro atoms. The van der Waals surface area contributed by atoms with E-state index in [4.69, 9.17) is 0 Å². The standard InChI is InChI=1S/C21H29N3O4S/c25-20(14-18-12-15-7-8-16(18)11-15)22-23-21(26)17-5-4-6-19(13-17)29(27,28)24-9-2-1-3-10-24/h4-6,13,15-16,18H,1-3,7-12,14H2,(H,22,25)(H,23,26)/t15-,16+,18+/m0/s1. The van der Waals surface area contributed by atoms with Gasteiger partial charge in [0.2, 0.25) is 15.9 Å². The molecule has 2 bridgehead atoms. The van der Waals surface area contributed by atoms with E-state index in [1.54, 1.807) is 12.1 Å². The lowest BCUT2D eigenvalue weighted by Crippen LogP contribution is -2.42. The molecule has 1 aliphatic heterocycles. The fraction of sp³-hybridized carbons (Fsp3) is 0.619. The maximum absolute atomic E-state index is 12.8. The van der Waals surface area contributed by atoms with Crippen molar-refractivity contribution in [2.24, 2.45) is 17.8 Å². The molecule has 3 atom stereocenters. The SMILES string of the molecule is O=C(C[C@H]1C[C@H]2CC[C@@H]1C2)NNC(=O)c1cccc(S(=O)(=O)N2CCCCC2)c1. The third-order valence-electron chi connectivity index (χ3n) is 6.70. The summed E-state index contributed by atoms with van der Waals surface area (Å²) in [5.74, 6) is 1.15. The highest BCUT2D eigenvalue weighted by Crippen LogP contribution is 2.49. The first kappa shape index (κ1) is 20.3. The number of carbonyl (C=O) groups excluding carboxylic acids is 2. The van der Waals surface area contributed by atoms with Crippen molar-refractivity contribution in [3.05, 3.63) is 29.8 Å². The van der Waals surface area contributed by atoms with Gasteiger partial charge < -0.3 is 0 Å². The summed E-state index contributed by atoms with van der Waals surface area (Å²) < 4.78 is 27.1. The van der Waals surface area contributed by atoms with Crippen LogP contribution in [0.4, 0.5) is 0 Å². The second kappa shape index (κ2) is 8.44. The molecule has 7 nitrogen and oxygen atoms in total. The number of nitrogens with one attached hydrogen (secondary N) is 2. The summed E-state index contributed by atoms with van der Waals surface area (Å²) in [5, 5.41) is 0. The van der Waals surface area contributed by atoms with Crippen LogP contribution in [0.3, 0.4) is 0 Å². The van der Waals surface area contributed by atoms with E-state index in [0.717, 1.165) is 31.6 Å². The van der Waals surface area contributed by atoms with Crippen LogP contribution in [0.2, 0.25) is 0 Å². The molecule has 2 saturated carbocycles. The van der Waals surface area contributed by atoms with Crippen LogP contribution >= 0.6 is 0 Å². The van der Waals surface area contributed by atoms with Crippen molar-refractivity contribution in [1.82, 2.24) is 15.2 Å². The van der Waals surface area contributed by atoms with Crippen molar-refractivity contribution in [2.75, 3.05) is 13.1 Å². The maximum atomic E-state index is 12.8. The van der Waals surface area contributed by atoms with Gasteiger partial charge in [-0.05, 0) is 68.1 Å². The van der Waals surface area contributed by atoms with Crippen LogP contribution in [-0.4, -0.2) is 37.6 Å². The van der Waals surface area contributed by atoms with Gasteiger partial charge in [-0.2, -0.15) is 4.31 Å². The number of fused-ring (bicyclic) bond motifs is 2. The Morgan fingerprint density at radius 1 is 1.03 bits per heavy atom. The fourth-order valence-corrected chi connectivity index (χ4v) is 6.73. The molecule has 1 aromatic carbocycles. The lowest BCUT2D eigenvalue weighted by atomic mass is 9.86. The first-order valence-corrected chi connectivity index (χ1v) is 12.1. The lowest BCUT2D eigenvalue weighted by molar-refractivity contribution is -0.123. The number of amides is 2. The number of nitrogens with zero attached hydrogens (tertiary/aromatic N) is 1. The van der Waals surface area contributed by atoms with Gasteiger partial charge in [-0.15, -0.1) is 0 Å². The number of piperidine rings is 1. The van der Waals surface area contributed by atoms with Crippen LogP contribution in [0.1, 0.15) is 61.7 Å². The van der Waals surface area contributed by atoms with Gasteiger partial charge in [0, 0.05) is 25.1 Å². The topological polar surface area (TPSA) is 95.6 Å². The van der Waals surface area contributed by atoms with Gasteiger partial charge >= 0.3 is 0 Å². The molecule has 0 radical (unpaired) electrons. The highest BCUT2D eigenvalue weighted by Gasteiger charge is 2.40. The van der Waals surface area contributed by atoms with Gasteiger partial charge in [0.1, 0.15) is 0 Å². The molecule has 4 rings (SSSR count). The molecule has 3 aliphatic rings. The van der Waals surface area contributed by atoms with Crippen molar-refractivity contribution in [2.45, 2.75) is 56.3 Å². The molecule has 0 aromatic heterocycles. The summed E-state index contributed by atoms with van der Waals surface area (Å²) in [7, 11) is -3.60. The Morgan fingerprint density at radius 2 is 1.83 bits per heavy atom. The quantitative estimate of drug-likeness (QED) is 0.717. The van der Waals surface area contributed by atoms with Crippen LogP contribution in [0.25, 0.3) is 0 Å². The average molecular weight is 420 g/mol. The number of benzene rings is 1. The van der Waals surface area contributed by atoms with Crippen LogP contribution in [0, 0.1) is 17.8 Å². The molecule has 8 heteroatoms. The molecular formula is C21H29N3O4S. The Bertz CT molecular complexity index is 880. The Balaban J connectivity index is 1.34. The summed E-state index contributed by atoms with van der Waals surface area (Å²) in [6.45, 7) is 1.02. The molecule has 3 fully saturated rings. The van der Waals surface area contributed by atoms with Crippen molar-refractivity contribution in [3.8, 4) is 0 Å². The molecule has 158 valence electrons. The Hall–Kier alpha value is -1.93. The van der Waals surface area contributed by atoms with Crippen molar-refractivity contribution in [3.63, 3.8) is 0 Å². The summed E-state index contributed by atoms with van der Waals surface area (Å²) in [5.41, 5.74) is 5.13. The second-order valence-corrected chi connectivity index (χ2v) is 10.6. The zero-order chi connectivity index (χ0) is 20.4. The number of hydrogen-bond acceptors (Lipinski definition) is 4. The minimum absolute atomic E-state index is 0.111. The number of rotatable bonds is 5. The van der Waals surface area contributed by atoms with E-state index in [-0.39, 0.29) is 16.4 Å². The number of hydrazine groups is 1. The first-order chi connectivity index (χ1) is 13.9. The minimum Gasteiger partial charge on any atom is -0.273 e. The van der Waals surface area contributed by atoms with E-state index in [1.165, 1.54) is 35.7 Å². The summed E-state index contributed by atoms with van der Waals surface area (Å²) in [4.78, 5) is 24.8. The zero-order valence-electron chi connectivity index (χ0n) is 16.6. The highest BCUT2D eigenvalue weighted by atomic mass is 32.2. The van der Waals surface area contributed by atoms with Crippen molar-refractivity contribution < 1.29 is 18.0 Å². The van der Waals surface area contributed by atoms with E-state index in [9.17, 15) is 18.0 Å². The first-order valence-electron chi connectivity index (χ1n) is 10.6. The van der Waals surface area contributed by atoms with E-state index in [1.807, 2.05) is 0 Å². The van der Waals surface area contributed by atoms with Crippen molar-refractivity contribution in [1.29, 1.82) is 0 Å². The molecule has 2 N–H and O–H groups in total. The molecule has 2 aliphatic carbocycles. The molecular weight excluding hydrogens is 390 g/mol. The largest absolute Gasteiger partial charge is 0.273 e. The van der Waals surface area contributed by atoms with Gasteiger partial charge in [-0.3, -0.25) is 20.4 Å². The molecule has 0 unspecified atom stereocenters. The smallest absolute Gasteiger partial charge is 0.269 e. The van der Waals surface area contributed by atoms with Gasteiger partial charge in [0.25, 0.3) is 5.91 Å². The van der Waals surface area contributed by atoms with Crippen LogP contribution < -0.4 is 10.9 Å². The van der Waals surface area contributed by atoms with E-state index in [0.29, 0.717) is 31.3 Å². The van der Waals surface area contributed by atoms with Gasteiger partial charge in [0.05, 0.1) is 4.90 Å². The fourth-order valence-electron chi connectivity index (χ4n) is 5.17. The normalized spacial score (nSPS) is 27.0. The van der Waals surface area contributed by atoms with Gasteiger partial charge in [0.15, 0.2) is 0 Å². The van der Waals surface area contributed by atoms with Gasteiger partial charge in [-0.1, -0.05) is 18.9 Å². The summed E-state index contributed by atoms with van der Waals surface area (Å²) in [6, 6.07) is 5.99. The Morgan fingerprint density at radius 3 is 2.52 bits per heavy atom. The number of carbonyl (C=O) groups is 2. The molecule has 29 heavy (non-hydrogen) atoms. The molecule has 1 heterocycles. The number of sulfonamides is 1. The number of hydrogen-bond donors (Lipinski definition) is 2. The van der Waals surface area contributed by atoms with Gasteiger partial charge in [-0.25, -0.2) is 8.42 Å². The summed E-state index contributed by atoms with van der Waals surface area (Å²) in [6.07, 6.45) is 8.04. The Labute approximate surface area is 172 Å². The van der Waals surface area contributed by atoms with E-state index >= 15 is 0 Å². The minimum atomic E-state index is -3.60. The predicted octanol–water partition coefficient (Wildman–Crippen LogP) is 2.45. The molecule has 1 aromatic rings. The van der Waals surface area contributed by atoms with E-state index < -0.39 is 15.9 Å². The zero-order valence-corrected chi connectivity index (χ0v) is 17.4. The third kappa shape index (κ3) is 4.48. The maximum Gasteiger partial charge on any atom is 0.269 e. The molecule has 2 amide bonds. The monoisotopic (exact) mass is 419 g/mol. The third-order valence-corrected chi connectivity index (χ3v) is 8.59. The Kier molecular flexibility index (Phi) is 5.92. The second-order valence-electron chi connectivity index (χ2n) is 8.63. The highest BCUT2D eigenvalue weighted by molar-refractivity contribution is 7.89. The lowest BCUT2D eigenvalue weighted by Gasteiger charge is -2.26. The van der Waals surface area contributed by atoms with E-state index in [2.05, 4.69) is 10.9 Å². The molecule has 1 saturated heterocycles. The van der Waals surface area contributed by atoms with Crippen molar-refractivity contribution >= 4 is 21.8 Å². The van der Waals surface area contributed by atoms with Crippen LogP contribution in [-0.2, 0) is 14.8 Å². The average Bonchev–Trinajstić information content (AvgIpc) is 3.36. The van der Waals surface area contributed by atoms with Crippen LogP contribution in [0.5, 0.6) is 0 Å².